The molecule has 0 bridgehead atoms. The van der Waals surface area contributed by atoms with Crippen molar-refractivity contribution in [2.45, 2.75) is 32.4 Å². The van der Waals surface area contributed by atoms with E-state index in [0.717, 1.165) is 11.1 Å². The number of carboxylic acid groups (broad SMARTS) is 1. The number of carboxylic acids is 1. The first kappa shape index (κ1) is 14.5. The third kappa shape index (κ3) is 3.57. The largest absolute Gasteiger partial charge is 0.481 e. The van der Waals surface area contributed by atoms with Gasteiger partial charge in [-0.1, -0.05) is 29.8 Å². The van der Waals surface area contributed by atoms with Crippen molar-refractivity contribution >= 4 is 11.9 Å². The number of aliphatic carboxylic acids is 1. The predicted octanol–water partition coefficient (Wildman–Crippen LogP) is 1.59. The molecule has 1 aliphatic rings. The minimum Gasteiger partial charge on any atom is -0.481 e. The van der Waals surface area contributed by atoms with Crippen molar-refractivity contribution in [2.75, 3.05) is 13.2 Å². The smallest absolute Gasteiger partial charge is 0.306 e. The number of rotatable bonds is 4. The fourth-order valence-electron chi connectivity index (χ4n) is 2.47. The number of benzene rings is 1. The van der Waals surface area contributed by atoms with Crippen LogP contribution in [-0.2, 0) is 20.9 Å². The van der Waals surface area contributed by atoms with E-state index in [1.54, 1.807) is 11.8 Å². The van der Waals surface area contributed by atoms with Crippen LogP contribution in [0.1, 0.15) is 24.5 Å². The Morgan fingerprint density at radius 1 is 1.50 bits per heavy atom. The molecule has 1 atom stereocenters. The summed E-state index contributed by atoms with van der Waals surface area (Å²) in [4.78, 5) is 24.5. The zero-order valence-electron chi connectivity index (χ0n) is 11.8. The monoisotopic (exact) mass is 277 g/mol. The Kier molecular flexibility index (Phi) is 4.09. The number of hydrogen-bond donors (Lipinski definition) is 1. The maximum absolute atomic E-state index is 11.9. The van der Waals surface area contributed by atoms with Crippen LogP contribution >= 0.6 is 0 Å². The van der Waals surface area contributed by atoms with E-state index >= 15 is 0 Å². The van der Waals surface area contributed by atoms with Gasteiger partial charge in [0, 0.05) is 6.54 Å². The zero-order chi connectivity index (χ0) is 14.8. The molecule has 1 amide bonds. The van der Waals surface area contributed by atoms with Crippen molar-refractivity contribution in [3.8, 4) is 0 Å². The second kappa shape index (κ2) is 5.63. The molecule has 5 heteroatoms. The van der Waals surface area contributed by atoms with Crippen molar-refractivity contribution in [1.29, 1.82) is 0 Å². The molecule has 1 unspecified atom stereocenters. The van der Waals surface area contributed by atoms with E-state index in [-0.39, 0.29) is 18.9 Å². The maximum atomic E-state index is 11.9. The molecule has 1 aromatic rings. The normalized spacial score (nSPS) is 22.9. The number of carbonyl (C=O) groups excluding carboxylic acids is 1. The quantitative estimate of drug-likeness (QED) is 0.907. The average Bonchev–Trinajstić information content (AvgIpc) is 2.33. The Morgan fingerprint density at radius 3 is 2.90 bits per heavy atom. The van der Waals surface area contributed by atoms with Crippen LogP contribution in [0.25, 0.3) is 0 Å². The van der Waals surface area contributed by atoms with Crippen molar-refractivity contribution < 1.29 is 19.4 Å². The zero-order valence-corrected chi connectivity index (χ0v) is 11.8. The highest BCUT2D eigenvalue weighted by molar-refractivity contribution is 5.79. The molecule has 0 spiro atoms. The van der Waals surface area contributed by atoms with Gasteiger partial charge in [0.1, 0.15) is 6.61 Å². The molecule has 2 rings (SSSR count). The van der Waals surface area contributed by atoms with E-state index in [0.29, 0.717) is 13.1 Å². The van der Waals surface area contributed by atoms with Gasteiger partial charge in [-0.15, -0.1) is 0 Å². The summed E-state index contributed by atoms with van der Waals surface area (Å²) in [5, 5.41) is 8.93. The standard InChI is InChI=1S/C15H19NO4/c1-11-4-3-5-12(6-11)8-16-10-15(2,7-14(18)19)20-9-13(16)17/h3-6H,7-10H2,1-2H3,(H,18,19). The van der Waals surface area contributed by atoms with Crippen LogP contribution < -0.4 is 0 Å². The second-order valence-electron chi connectivity index (χ2n) is 5.55. The van der Waals surface area contributed by atoms with Gasteiger partial charge in [-0.25, -0.2) is 0 Å². The fraction of sp³-hybridized carbons (Fsp3) is 0.467. The number of nitrogens with zero attached hydrogens (tertiary/aromatic N) is 1. The van der Waals surface area contributed by atoms with Crippen LogP contribution in [-0.4, -0.2) is 40.6 Å². The SMILES string of the molecule is Cc1cccc(CN2CC(C)(CC(=O)O)OCC2=O)c1. The lowest BCUT2D eigenvalue weighted by molar-refractivity contribution is -0.169. The fourth-order valence-corrected chi connectivity index (χ4v) is 2.47. The molecule has 1 aliphatic heterocycles. The third-order valence-corrected chi connectivity index (χ3v) is 3.40. The summed E-state index contributed by atoms with van der Waals surface area (Å²) in [6.45, 7) is 4.46. The molecule has 1 heterocycles. The van der Waals surface area contributed by atoms with Crippen molar-refractivity contribution in [3.63, 3.8) is 0 Å². The lowest BCUT2D eigenvalue weighted by atomic mass is 9.99. The van der Waals surface area contributed by atoms with Gasteiger partial charge in [-0.3, -0.25) is 9.59 Å². The number of hydrogen-bond acceptors (Lipinski definition) is 3. The first-order chi connectivity index (χ1) is 9.38. The molecule has 1 fully saturated rings. The average molecular weight is 277 g/mol. The summed E-state index contributed by atoms with van der Waals surface area (Å²) < 4.78 is 5.41. The Morgan fingerprint density at radius 2 is 2.25 bits per heavy atom. The first-order valence-corrected chi connectivity index (χ1v) is 6.57. The van der Waals surface area contributed by atoms with Crippen LogP contribution in [0.4, 0.5) is 0 Å². The van der Waals surface area contributed by atoms with E-state index in [1.165, 1.54) is 0 Å². The number of aryl methyl sites for hydroxylation is 1. The van der Waals surface area contributed by atoms with E-state index < -0.39 is 11.6 Å². The Bertz CT molecular complexity index is 528. The van der Waals surface area contributed by atoms with E-state index in [4.69, 9.17) is 9.84 Å². The highest BCUT2D eigenvalue weighted by atomic mass is 16.5. The molecule has 5 nitrogen and oxygen atoms in total. The molecule has 0 saturated carbocycles. The van der Waals surface area contributed by atoms with Gasteiger partial charge >= 0.3 is 5.97 Å². The summed E-state index contributed by atoms with van der Waals surface area (Å²) in [5.74, 6) is -1.02. The summed E-state index contributed by atoms with van der Waals surface area (Å²) in [5.41, 5.74) is 1.36. The molecular formula is C15H19NO4. The van der Waals surface area contributed by atoms with Gasteiger partial charge < -0.3 is 14.7 Å². The van der Waals surface area contributed by atoms with Crippen molar-refractivity contribution in [3.05, 3.63) is 35.4 Å². The topological polar surface area (TPSA) is 66.8 Å². The second-order valence-corrected chi connectivity index (χ2v) is 5.55. The molecule has 1 N–H and O–H groups in total. The van der Waals surface area contributed by atoms with E-state index in [1.807, 2.05) is 31.2 Å². The molecule has 1 saturated heterocycles. The molecule has 20 heavy (non-hydrogen) atoms. The van der Waals surface area contributed by atoms with E-state index in [9.17, 15) is 9.59 Å². The van der Waals surface area contributed by atoms with Gasteiger partial charge in [0.2, 0.25) is 5.91 Å². The lowest BCUT2D eigenvalue weighted by Crippen LogP contribution is -2.53. The summed E-state index contributed by atoms with van der Waals surface area (Å²) in [7, 11) is 0. The molecule has 1 aromatic carbocycles. The molecule has 0 aromatic heterocycles. The van der Waals surface area contributed by atoms with Crippen LogP contribution in [0, 0.1) is 6.92 Å². The minimum absolute atomic E-state index is 0.0599. The molecular weight excluding hydrogens is 258 g/mol. The van der Waals surface area contributed by atoms with E-state index in [2.05, 4.69) is 0 Å². The Hall–Kier alpha value is -1.88. The predicted molar refractivity (Wildman–Crippen MR) is 73.2 cm³/mol. The first-order valence-electron chi connectivity index (χ1n) is 6.57. The van der Waals surface area contributed by atoms with Gasteiger partial charge in [0.15, 0.2) is 0 Å². The summed E-state index contributed by atoms with van der Waals surface area (Å²) in [6.07, 6.45) is -0.107. The minimum atomic E-state index is -0.919. The van der Waals surface area contributed by atoms with Gasteiger partial charge in [0.25, 0.3) is 0 Å². The summed E-state index contributed by atoms with van der Waals surface area (Å²) >= 11 is 0. The van der Waals surface area contributed by atoms with Crippen LogP contribution in [0.2, 0.25) is 0 Å². The van der Waals surface area contributed by atoms with Gasteiger partial charge in [-0.05, 0) is 19.4 Å². The van der Waals surface area contributed by atoms with Crippen LogP contribution in [0.3, 0.4) is 0 Å². The molecule has 108 valence electrons. The van der Waals surface area contributed by atoms with Crippen LogP contribution in [0.5, 0.6) is 0 Å². The maximum Gasteiger partial charge on any atom is 0.306 e. The van der Waals surface area contributed by atoms with Gasteiger partial charge in [0.05, 0.1) is 18.6 Å². The number of carbonyl (C=O) groups is 2. The van der Waals surface area contributed by atoms with Gasteiger partial charge in [-0.2, -0.15) is 0 Å². The Balaban J connectivity index is 2.09. The molecule has 0 radical (unpaired) electrons. The highest BCUT2D eigenvalue weighted by Gasteiger charge is 2.37. The number of amides is 1. The highest BCUT2D eigenvalue weighted by Crippen LogP contribution is 2.23. The number of morpholine rings is 1. The number of ether oxygens (including phenoxy) is 1. The van der Waals surface area contributed by atoms with Crippen molar-refractivity contribution in [2.24, 2.45) is 0 Å². The van der Waals surface area contributed by atoms with Crippen molar-refractivity contribution in [1.82, 2.24) is 4.90 Å². The third-order valence-electron chi connectivity index (χ3n) is 3.40. The molecule has 0 aliphatic carbocycles. The van der Waals surface area contributed by atoms with Crippen LogP contribution in [0.15, 0.2) is 24.3 Å². The Labute approximate surface area is 118 Å². The summed E-state index contributed by atoms with van der Waals surface area (Å²) in [6, 6.07) is 7.94. The lowest BCUT2D eigenvalue weighted by Gasteiger charge is -2.39.